The Bertz CT molecular complexity index is 546. The topological polar surface area (TPSA) is 96.1 Å². The zero-order chi connectivity index (χ0) is 14.1. The Labute approximate surface area is 113 Å². The lowest BCUT2D eigenvalue weighted by atomic mass is 10.0. The summed E-state index contributed by atoms with van der Waals surface area (Å²) < 4.78 is 33.0. The van der Waals surface area contributed by atoms with E-state index in [4.69, 9.17) is 4.74 Å². The second-order valence-electron chi connectivity index (χ2n) is 5.12. The minimum atomic E-state index is -3.61. The second kappa shape index (κ2) is 5.20. The van der Waals surface area contributed by atoms with Gasteiger partial charge in [-0.25, -0.2) is 13.1 Å². The molecule has 1 aromatic rings. The molecule has 0 amide bonds. The highest BCUT2D eigenvalue weighted by molar-refractivity contribution is 7.89. The molecule has 0 saturated carbocycles. The van der Waals surface area contributed by atoms with Gasteiger partial charge >= 0.3 is 0 Å². The minimum Gasteiger partial charge on any atom is -0.379 e. The monoisotopic (exact) mass is 288 g/mol. The number of nitrogens with one attached hydrogen (secondary N) is 3. The summed E-state index contributed by atoms with van der Waals surface area (Å²) in [6.07, 6.45) is 0.671. The number of rotatable bonds is 5. The zero-order valence-electron chi connectivity index (χ0n) is 11.4. The van der Waals surface area contributed by atoms with Crippen molar-refractivity contribution < 1.29 is 13.2 Å². The van der Waals surface area contributed by atoms with Crippen molar-refractivity contribution in [2.24, 2.45) is 0 Å². The number of H-pyrrole nitrogens is 1. The molecule has 0 spiro atoms. The lowest BCUT2D eigenvalue weighted by molar-refractivity contribution is 0.178. The average Bonchev–Trinajstić information content (AvgIpc) is 2.86. The van der Waals surface area contributed by atoms with E-state index in [1.165, 1.54) is 0 Å². The van der Waals surface area contributed by atoms with Crippen LogP contribution in [0, 0.1) is 6.92 Å². The Kier molecular flexibility index (Phi) is 3.95. The van der Waals surface area contributed by atoms with E-state index in [1.54, 1.807) is 14.0 Å². The lowest BCUT2D eigenvalue weighted by Crippen LogP contribution is -2.46. The number of hydrogen-bond acceptors (Lipinski definition) is 5. The molecule has 3 N–H and O–H groups in total. The van der Waals surface area contributed by atoms with Crippen LogP contribution in [0.25, 0.3) is 0 Å². The Balaban J connectivity index is 2.31. The third-order valence-corrected chi connectivity index (χ3v) is 5.01. The highest BCUT2D eigenvalue weighted by Crippen LogP contribution is 2.24. The van der Waals surface area contributed by atoms with Gasteiger partial charge in [0.1, 0.15) is 4.90 Å². The van der Waals surface area contributed by atoms with Gasteiger partial charge in [-0.3, -0.25) is 5.10 Å². The fourth-order valence-corrected chi connectivity index (χ4v) is 4.02. The molecule has 0 radical (unpaired) electrons. The SMILES string of the molecule is CNCc1n[nH]c(C)c1S(=O)(=O)NC1(C)CCOC1. The largest absolute Gasteiger partial charge is 0.379 e. The molecule has 0 aromatic carbocycles. The second-order valence-corrected chi connectivity index (χ2v) is 6.74. The maximum Gasteiger partial charge on any atom is 0.244 e. The van der Waals surface area contributed by atoms with E-state index in [0.29, 0.717) is 37.6 Å². The number of aromatic amines is 1. The van der Waals surface area contributed by atoms with Crippen LogP contribution in [0.2, 0.25) is 0 Å². The first kappa shape index (κ1) is 14.4. The molecule has 19 heavy (non-hydrogen) atoms. The van der Waals surface area contributed by atoms with Gasteiger partial charge in [-0.2, -0.15) is 5.10 Å². The summed E-state index contributed by atoms with van der Waals surface area (Å²) in [6, 6.07) is 0. The minimum absolute atomic E-state index is 0.231. The number of sulfonamides is 1. The van der Waals surface area contributed by atoms with Crippen LogP contribution in [0.15, 0.2) is 4.90 Å². The quantitative estimate of drug-likeness (QED) is 0.703. The Morgan fingerprint density at radius 2 is 2.26 bits per heavy atom. The molecular formula is C11H20N4O3S. The Hall–Kier alpha value is -0.960. The molecule has 1 fully saturated rings. The van der Waals surface area contributed by atoms with Gasteiger partial charge in [0.15, 0.2) is 0 Å². The average molecular weight is 288 g/mol. The summed E-state index contributed by atoms with van der Waals surface area (Å²) in [6.45, 7) is 4.92. The maximum atomic E-state index is 12.5. The van der Waals surface area contributed by atoms with Crippen molar-refractivity contribution in [3.8, 4) is 0 Å². The molecule has 1 saturated heterocycles. The zero-order valence-corrected chi connectivity index (χ0v) is 12.2. The van der Waals surface area contributed by atoms with Gasteiger partial charge in [-0.15, -0.1) is 0 Å². The fraction of sp³-hybridized carbons (Fsp3) is 0.727. The van der Waals surface area contributed by atoms with Crippen LogP contribution in [-0.2, 0) is 21.3 Å². The normalized spacial score (nSPS) is 23.9. The highest BCUT2D eigenvalue weighted by Gasteiger charge is 2.36. The Morgan fingerprint density at radius 1 is 1.53 bits per heavy atom. The molecule has 0 bridgehead atoms. The summed E-state index contributed by atoms with van der Waals surface area (Å²) in [5.41, 5.74) is 0.495. The Morgan fingerprint density at radius 3 is 2.84 bits per heavy atom. The summed E-state index contributed by atoms with van der Waals surface area (Å²) in [7, 11) is -1.86. The van der Waals surface area contributed by atoms with E-state index < -0.39 is 15.6 Å². The summed E-state index contributed by atoms with van der Waals surface area (Å²) >= 11 is 0. The van der Waals surface area contributed by atoms with Crippen molar-refractivity contribution >= 4 is 10.0 Å². The van der Waals surface area contributed by atoms with Crippen LogP contribution in [0.3, 0.4) is 0 Å². The van der Waals surface area contributed by atoms with E-state index in [-0.39, 0.29) is 4.90 Å². The number of aromatic nitrogens is 2. The van der Waals surface area contributed by atoms with E-state index in [9.17, 15) is 8.42 Å². The molecule has 1 aliphatic rings. The standard InChI is InChI=1S/C11H20N4O3S/c1-8-10(9(6-12-3)14-13-8)19(16,17)15-11(2)4-5-18-7-11/h12,15H,4-7H2,1-3H3,(H,13,14). The molecule has 108 valence electrons. The first-order chi connectivity index (χ1) is 8.88. The molecule has 8 heteroatoms. The molecule has 1 unspecified atom stereocenters. The fourth-order valence-electron chi connectivity index (χ4n) is 2.24. The molecule has 7 nitrogen and oxygen atoms in total. The van der Waals surface area contributed by atoms with Crippen molar-refractivity contribution in [2.75, 3.05) is 20.3 Å². The molecule has 1 aliphatic heterocycles. The van der Waals surface area contributed by atoms with Gasteiger partial charge in [0.25, 0.3) is 0 Å². The smallest absolute Gasteiger partial charge is 0.244 e. The first-order valence-electron chi connectivity index (χ1n) is 6.18. The molecule has 2 rings (SSSR count). The van der Waals surface area contributed by atoms with Crippen molar-refractivity contribution in [3.63, 3.8) is 0 Å². The van der Waals surface area contributed by atoms with Crippen molar-refractivity contribution in [2.45, 2.75) is 37.2 Å². The van der Waals surface area contributed by atoms with Crippen LogP contribution in [0.5, 0.6) is 0 Å². The number of nitrogens with zero attached hydrogens (tertiary/aromatic N) is 1. The van der Waals surface area contributed by atoms with Crippen molar-refractivity contribution in [1.29, 1.82) is 0 Å². The summed E-state index contributed by atoms with van der Waals surface area (Å²) in [4.78, 5) is 0.231. The summed E-state index contributed by atoms with van der Waals surface area (Å²) in [5, 5.41) is 9.67. The van der Waals surface area contributed by atoms with E-state index in [2.05, 4.69) is 20.2 Å². The van der Waals surface area contributed by atoms with Crippen molar-refractivity contribution in [3.05, 3.63) is 11.4 Å². The maximum absolute atomic E-state index is 12.5. The van der Waals surface area contributed by atoms with E-state index >= 15 is 0 Å². The van der Waals surface area contributed by atoms with Gasteiger partial charge < -0.3 is 10.1 Å². The van der Waals surface area contributed by atoms with Crippen LogP contribution >= 0.6 is 0 Å². The van der Waals surface area contributed by atoms with Gasteiger partial charge in [0.05, 0.1) is 23.5 Å². The van der Waals surface area contributed by atoms with Crippen LogP contribution in [0.4, 0.5) is 0 Å². The van der Waals surface area contributed by atoms with Gasteiger partial charge in [-0.05, 0) is 27.3 Å². The molecule has 1 aromatic heterocycles. The van der Waals surface area contributed by atoms with Crippen molar-refractivity contribution in [1.82, 2.24) is 20.2 Å². The third kappa shape index (κ3) is 2.97. The van der Waals surface area contributed by atoms with Gasteiger partial charge in [-0.1, -0.05) is 0 Å². The van der Waals surface area contributed by atoms with Gasteiger partial charge in [0, 0.05) is 13.2 Å². The molecule has 0 aliphatic carbocycles. The predicted octanol–water partition coefficient (Wildman–Crippen LogP) is -0.105. The van der Waals surface area contributed by atoms with E-state index in [0.717, 1.165) is 0 Å². The molecule has 1 atom stereocenters. The van der Waals surface area contributed by atoms with Gasteiger partial charge in [0.2, 0.25) is 10.0 Å². The third-order valence-electron chi connectivity index (χ3n) is 3.17. The predicted molar refractivity (Wildman–Crippen MR) is 70.3 cm³/mol. The van der Waals surface area contributed by atoms with Crippen LogP contribution in [-0.4, -0.2) is 44.4 Å². The highest BCUT2D eigenvalue weighted by atomic mass is 32.2. The molecule has 2 heterocycles. The first-order valence-corrected chi connectivity index (χ1v) is 7.66. The summed E-state index contributed by atoms with van der Waals surface area (Å²) in [5.74, 6) is 0. The van der Waals surface area contributed by atoms with Crippen LogP contribution in [0.1, 0.15) is 24.7 Å². The number of ether oxygens (including phenoxy) is 1. The van der Waals surface area contributed by atoms with Crippen LogP contribution < -0.4 is 10.0 Å². The molecular weight excluding hydrogens is 268 g/mol. The lowest BCUT2D eigenvalue weighted by Gasteiger charge is -2.23. The van der Waals surface area contributed by atoms with E-state index in [1.807, 2.05) is 6.92 Å². The number of hydrogen-bond donors (Lipinski definition) is 3. The number of aryl methyl sites for hydroxylation is 1.